The van der Waals surface area contributed by atoms with Crippen LogP contribution in [0.25, 0.3) is 21.8 Å². The fourth-order valence-corrected chi connectivity index (χ4v) is 16.0. The number of nitrogens with one attached hydrogen (secondary N) is 2. The van der Waals surface area contributed by atoms with Crippen LogP contribution < -0.4 is 16.9 Å². The van der Waals surface area contributed by atoms with Gasteiger partial charge in [0.2, 0.25) is 5.91 Å². The normalized spacial score (nSPS) is 32.7. The molecule has 0 radical (unpaired) electrons. The SMILES string of the molecule is C[C@H]1C2Cc3cc4nc[nH]c(=O)c4cc3[C@@]1(C)CCN2CC1CC1.C[C@H]1C2Cc3ccc4c(=O)[nH]cnc4c3[C@@]1(C)CCN2CC1CC1.Cc1cc2c(c(C)c1C(N)=O)[C@@]1(C)CCN(CC3CC3)C(C2)[C@@H]1C. The number of H-pyrrole nitrogens is 2. The maximum Gasteiger partial charge on any atom is 0.258 e. The zero-order valence-electron chi connectivity index (χ0n) is 44.5. The average Bonchev–Trinajstić information content (AvgIpc) is 4.19. The number of rotatable bonds is 7. The summed E-state index contributed by atoms with van der Waals surface area (Å²) in [5.41, 5.74) is 19.3. The summed E-state index contributed by atoms with van der Waals surface area (Å²) in [7, 11) is 0. The molecule has 5 heterocycles. The van der Waals surface area contributed by atoms with Gasteiger partial charge in [0.25, 0.3) is 11.1 Å². The highest BCUT2D eigenvalue weighted by Gasteiger charge is 2.53. The molecule has 6 fully saturated rings. The number of carbonyl (C=O) groups is 1. The lowest BCUT2D eigenvalue weighted by molar-refractivity contribution is 0.0280. The van der Waals surface area contributed by atoms with E-state index in [9.17, 15) is 14.4 Å². The number of amides is 1. The summed E-state index contributed by atoms with van der Waals surface area (Å²) in [6.07, 6.45) is 18.5. The van der Waals surface area contributed by atoms with Crippen molar-refractivity contribution in [3.05, 3.63) is 114 Å². The number of hydrogen-bond acceptors (Lipinski definition) is 8. The van der Waals surface area contributed by atoms with E-state index in [2.05, 4.69) is 107 Å². The molecule has 6 aliphatic carbocycles. The molecular formula is C61H80N8O3. The molecule has 3 saturated heterocycles. The summed E-state index contributed by atoms with van der Waals surface area (Å²) in [5.74, 6) is 4.41. The molecule has 11 nitrogen and oxygen atoms in total. The third-order valence-electron chi connectivity index (χ3n) is 21.4. The Morgan fingerprint density at radius 3 is 1.67 bits per heavy atom. The first-order chi connectivity index (χ1) is 34.5. The van der Waals surface area contributed by atoms with Crippen molar-refractivity contribution in [1.82, 2.24) is 34.6 Å². The highest BCUT2D eigenvalue weighted by Crippen LogP contribution is 2.54. The van der Waals surface area contributed by atoms with Crippen molar-refractivity contribution in [2.24, 2.45) is 41.2 Å². The van der Waals surface area contributed by atoms with E-state index in [1.165, 1.54) is 130 Å². The fourth-order valence-electron chi connectivity index (χ4n) is 16.0. The van der Waals surface area contributed by atoms with Crippen LogP contribution in [0.1, 0.15) is 154 Å². The van der Waals surface area contributed by atoms with Crippen molar-refractivity contribution in [1.29, 1.82) is 0 Å². The number of hydrogen-bond donors (Lipinski definition) is 3. The second kappa shape index (κ2) is 17.7. The van der Waals surface area contributed by atoms with Crippen molar-refractivity contribution in [3.8, 4) is 0 Å². The summed E-state index contributed by atoms with van der Waals surface area (Å²) in [4.78, 5) is 59.1. The minimum Gasteiger partial charge on any atom is -0.366 e. The predicted molar refractivity (Wildman–Crippen MR) is 288 cm³/mol. The molecule has 14 rings (SSSR count). The number of aromatic amines is 2. The van der Waals surface area contributed by atoms with E-state index < -0.39 is 0 Å². The number of benzene rings is 3. The lowest BCUT2D eigenvalue weighted by Gasteiger charge is -2.55. The maximum absolute atomic E-state index is 12.2. The predicted octanol–water partition coefficient (Wildman–Crippen LogP) is 9.05. The van der Waals surface area contributed by atoms with Gasteiger partial charge in [0.15, 0.2) is 0 Å². The molecule has 5 aromatic rings. The third-order valence-corrected chi connectivity index (χ3v) is 21.4. The smallest absolute Gasteiger partial charge is 0.258 e. The number of nitrogens with two attached hydrogens (primary N) is 1. The maximum atomic E-state index is 12.2. The van der Waals surface area contributed by atoms with E-state index in [-0.39, 0.29) is 33.3 Å². The van der Waals surface area contributed by atoms with Gasteiger partial charge < -0.3 is 15.7 Å². The quantitative estimate of drug-likeness (QED) is 0.147. The largest absolute Gasteiger partial charge is 0.366 e. The van der Waals surface area contributed by atoms with Crippen molar-refractivity contribution in [3.63, 3.8) is 0 Å². The molecule has 3 aliphatic heterocycles. The molecule has 3 unspecified atom stereocenters. The Balaban J connectivity index is 0.000000110. The van der Waals surface area contributed by atoms with Crippen LogP contribution in [-0.4, -0.2) is 97.9 Å². The Kier molecular flexibility index (Phi) is 11.9. The Morgan fingerprint density at radius 2 is 1.11 bits per heavy atom. The standard InChI is InChI=1S/C21H30N2O.2C20H25N3O/c1-12-9-16-10-17-14(3)21(4,7-8-23(17)11-15-5-6-15)19(16)13(2)18(12)20(22)24;1-12-18-8-14-7-17-15(19(24)22-11-21-17)9-16(14)20(12,2)5-6-23(18)10-13-3-4-13;1-12-16-9-14-5-6-15-18(21-11-22-19(15)24)17(14)20(12,2)7-8-23(16)10-13-3-4-13/h9,14-15,17H,5-8,10-11H2,1-4H3,(H2,22,24);7,9,11-13,18H,3-6,8,10H2,1-2H3,(H,21,22,24);5-6,11-13,16H,3-4,7-10H2,1-2H3,(H,21,22,24)/t14-,17?,21-;12-,18?,20-;12-,16?,20-/m000/s1. The molecule has 382 valence electrons. The number of aryl methyl sites for hydroxylation is 1. The monoisotopic (exact) mass is 973 g/mol. The van der Waals surface area contributed by atoms with Crippen molar-refractivity contribution >= 4 is 27.7 Å². The van der Waals surface area contributed by atoms with Crippen molar-refractivity contribution in [2.45, 2.75) is 167 Å². The zero-order valence-corrected chi connectivity index (χ0v) is 44.5. The molecule has 3 saturated carbocycles. The minimum atomic E-state index is -0.280. The molecule has 1 amide bonds. The van der Waals surface area contributed by atoms with Crippen LogP contribution in [0.5, 0.6) is 0 Å². The highest BCUT2D eigenvalue weighted by molar-refractivity contribution is 5.96. The molecule has 11 heteroatoms. The first-order valence-corrected chi connectivity index (χ1v) is 28.1. The number of aromatic nitrogens is 4. The van der Waals surface area contributed by atoms with Crippen LogP contribution in [0.15, 0.2) is 52.6 Å². The molecular weight excluding hydrogens is 893 g/mol. The summed E-state index contributed by atoms with van der Waals surface area (Å²) < 4.78 is 0. The number of fused-ring (bicyclic) bond motifs is 15. The van der Waals surface area contributed by atoms with Crippen LogP contribution in [0.3, 0.4) is 0 Å². The molecule has 9 atom stereocenters. The van der Waals surface area contributed by atoms with E-state index in [4.69, 9.17) is 5.73 Å². The second-order valence-electron chi connectivity index (χ2n) is 25.6. The van der Waals surface area contributed by atoms with Gasteiger partial charge in [-0.25, -0.2) is 9.97 Å². The molecule has 2 aromatic heterocycles. The van der Waals surface area contributed by atoms with Gasteiger partial charge in [0.1, 0.15) is 0 Å². The number of piperidine rings is 3. The minimum absolute atomic E-state index is 0.0210. The van der Waals surface area contributed by atoms with Gasteiger partial charge in [-0.15, -0.1) is 0 Å². The Bertz CT molecular complexity index is 3060. The van der Waals surface area contributed by atoms with Crippen LogP contribution in [0, 0.1) is 49.4 Å². The third kappa shape index (κ3) is 8.03. The van der Waals surface area contributed by atoms with Gasteiger partial charge in [0, 0.05) is 48.7 Å². The van der Waals surface area contributed by atoms with Gasteiger partial charge in [-0.3, -0.25) is 29.1 Å². The van der Waals surface area contributed by atoms with E-state index in [1.54, 1.807) is 6.33 Å². The molecule has 9 aliphatic rings. The van der Waals surface area contributed by atoms with E-state index in [0.717, 1.165) is 81.9 Å². The lowest BCUT2D eigenvalue weighted by Crippen LogP contribution is -2.58. The molecule has 4 N–H and O–H groups in total. The fraction of sp³-hybridized carbons (Fsp3) is 0.623. The summed E-state index contributed by atoms with van der Waals surface area (Å²) >= 11 is 0. The summed E-state index contributed by atoms with van der Waals surface area (Å²) in [5, 5.41) is 1.48. The Labute approximate surface area is 426 Å². The van der Waals surface area contributed by atoms with E-state index in [0.29, 0.717) is 35.9 Å². The van der Waals surface area contributed by atoms with Crippen molar-refractivity contribution in [2.75, 3.05) is 39.3 Å². The average molecular weight is 973 g/mol. The van der Waals surface area contributed by atoms with Gasteiger partial charge >= 0.3 is 0 Å². The summed E-state index contributed by atoms with van der Waals surface area (Å²) in [6, 6.07) is 12.6. The molecule has 3 aromatic carbocycles. The lowest BCUT2D eigenvalue weighted by atomic mass is 9.57. The van der Waals surface area contributed by atoms with Gasteiger partial charge in [0.05, 0.1) is 34.5 Å². The van der Waals surface area contributed by atoms with Crippen molar-refractivity contribution < 1.29 is 4.79 Å². The number of primary amides is 1. The second-order valence-corrected chi connectivity index (χ2v) is 25.6. The van der Waals surface area contributed by atoms with E-state index in [1.807, 2.05) is 13.0 Å². The Hall–Kier alpha value is -4.71. The molecule has 6 bridgehead atoms. The molecule has 72 heavy (non-hydrogen) atoms. The van der Waals surface area contributed by atoms with Gasteiger partial charge in [-0.1, -0.05) is 53.7 Å². The van der Waals surface area contributed by atoms with E-state index >= 15 is 0 Å². The molecule has 0 spiro atoms. The first-order valence-electron chi connectivity index (χ1n) is 28.1. The van der Waals surface area contributed by atoms with Crippen LogP contribution in [0.4, 0.5) is 0 Å². The zero-order chi connectivity index (χ0) is 50.2. The first kappa shape index (κ1) is 48.2. The number of nitrogens with zero attached hydrogens (tertiary/aromatic N) is 5. The van der Waals surface area contributed by atoms with Gasteiger partial charge in [-0.2, -0.15) is 0 Å². The Morgan fingerprint density at radius 1 is 0.625 bits per heavy atom. The summed E-state index contributed by atoms with van der Waals surface area (Å²) in [6.45, 7) is 26.1. The number of likely N-dealkylation sites (tertiary alicyclic amines) is 3. The highest BCUT2D eigenvalue weighted by atomic mass is 16.1. The number of carbonyl (C=O) groups excluding carboxylic acids is 1. The van der Waals surface area contributed by atoms with Gasteiger partial charge in [-0.05, 0) is 220 Å². The topological polar surface area (TPSA) is 144 Å². The van der Waals surface area contributed by atoms with Crippen LogP contribution in [0.2, 0.25) is 0 Å². The van der Waals surface area contributed by atoms with Crippen LogP contribution in [-0.2, 0) is 35.5 Å². The van der Waals surface area contributed by atoms with Crippen LogP contribution >= 0.6 is 0 Å².